The summed E-state index contributed by atoms with van der Waals surface area (Å²) >= 11 is 0. The van der Waals surface area contributed by atoms with Gasteiger partial charge in [-0.25, -0.2) is 0 Å². The number of rotatable bonds is 3. The minimum absolute atomic E-state index is 0.107. The third kappa shape index (κ3) is 2.97. The molecule has 3 aliphatic rings. The Labute approximate surface area is 144 Å². The van der Waals surface area contributed by atoms with Crippen molar-refractivity contribution in [1.29, 1.82) is 0 Å². The summed E-state index contributed by atoms with van der Waals surface area (Å²) in [4.78, 5) is 12.9. The third-order valence-electron chi connectivity index (χ3n) is 5.66. The Hall–Kier alpha value is -1.77. The number of allylic oxidation sites excluding steroid dienone is 6. The zero-order valence-electron chi connectivity index (χ0n) is 14.6. The highest BCUT2D eigenvalue weighted by molar-refractivity contribution is 5.80. The summed E-state index contributed by atoms with van der Waals surface area (Å²) in [6, 6.07) is 0. The Morgan fingerprint density at radius 3 is 1.96 bits per heavy atom. The fourth-order valence-corrected chi connectivity index (χ4v) is 4.39. The quantitative estimate of drug-likeness (QED) is 0.782. The van der Waals surface area contributed by atoms with Gasteiger partial charge in [-0.3, -0.25) is 14.6 Å². The number of H-pyrrole nitrogens is 1. The van der Waals surface area contributed by atoms with Crippen molar-refractivity contribution in [2.24, 2.45) is 0 Å². The standard InChI is InChI=1S/C21H28N2O/c24-21-19(16-10-4-1-5-11-16)20(17-12-6-2-7-13-17)23(22-21)18-14-8-3-9-15-18/h10,12,14H,1-9,11,13,15H2,(H,22,24). The maximum atomic E-state index is 12.9. The molecule has 0 atom stereocenters. The van der Waals surface area contributed by atoms with Crippen LogP contribution in [0.15, 0.2) is 23.0 Å². The molecular weight excluding hydrogens is 296 g/mol. The number of hydrogen-bond donors (Lipinski definition) is 1. The van der Waals surface area contributed by atoms with E-state index >= 15 is 0 Å². The molecule has 1 aromatic heterocycles. The molecule has 0 spiro atoms. The molecule has 0 unspecified atom stereocenters. The Balaban J connectivity index is 1.87. The number of aromatic amines is 1. The van der Waals surface area contributed by atoms with E-state index in [4.69, 9.17) is 0 Å². The first-order valence-electron chi connectivity index (χ1n) is 9.78. The third-order valence-corrected chi connectivity index (χ3v) is 5.66. The first-order chi connectivity index (χ1) is 11.8. The molecule has 0 saturated carbocycles. The van der Waals surface area contributed by atoms with E-state index in [1.54, 1.807) is 0 Å². The van der Waals surface area contributed by atoms with Crippen molar-refractivity contribution >= 4 is 16.8 Å². The number of nitrogens with one attached hydrogen (secondary N) is 1. The van der Waals surface area contributed by atoms with Gasteiger partial charge in [0.05, 0.1) is 11.3 Å². The van der Waals surface area contributed by atoms with Crippen molar-refractivity contribution in [2.75, 3.05) is 0 Å². The summed E-state index contributed by atoms with van der Waals surface area (Å²) in [5.41, 5.74) is 6.21. The lowest BCUT2D eigenvalue weighted by atomic mass is 9.89. The van der Waals surface area contributed by atoms with Crippen LogP contribution in [0.5, 0.6) is 0 Å². The van der Waals surface area contributed by atoms with E-state index < -0.39 is 0 Å². The number of nitrogens with zero attached hydrogens (tertiary/aromatic N) is 1. The smallest absolute Gasteiger partial charge is 0.267 e. The van der Waals surface area contributed by atoms with Crippen LogP contribution in [0.4, 0.5) is 0 Å². The summed E-state index contributed by atoms with van der Waals surface area (Å²) < 4.78 is 2.14. The molecule has 0 bridgehead atoms. The van der Waals surface area contributed by atoms with E-state index in [1.165, 1.54) is 61.1 Å². The number of aromatic nitrogens is 2. The highest BCUT2D eigenvalue weighted by atomic mass is 16.1. The Bertz CT molecular complexity index is 757. The van der Waals surface area contributed by atoms with E-state index in [9.17, 15) is 4.79 Å². The van der Waals surface area contributed by atoms with Crippen LogP contribution < -0.4 is 5.56 Å². The molecule has 3 nitrogen and oxygen atoms in total. The highest BCUT2D eigenvalue weighted by Gasteiger charge is 2.24. The molecule has 1 heterocycles. The van der Waals surface area contributed by atoms with Crippen LogP contribution in [0.2, 0.25) is 0 Å². The SMILES string of the molecule is O=c1[nH]n(C2=CCCCC2)c(C2=CCCCC2)c1C1=CCCCC1. The van der Waals surface area contributed by atoms with Crippen molar-refractivity contribution in [1.82, 2.24) is 9.78 Å². The second-order valence-electron chi connectivity index (χ2n) is 7.39. The van der Waals surface area contributed by atoms with Crippen molar-refractivity contribution in [3.63, 3.8) is 0 Å². The first kappa shape index (κ1) is 15.7. The van der Waals surface area contributed by atoms with Gasteiger partial charge in [0, 0.05) is 5.70 Å². The van der Waals surface area contributed by atoms with Gasteiger partial charge in [-0.2, -0.15) is 0 Å². The topological polar surface area (TPSA) is 37.8 Å². The monoisotopic (exact) mass is 324 g/mol. The van der Waals surface area contributed by atoms with Gasteiger partial charge < -0.3 is 0 Å². The van der Waals surface area contributed by atoms with Crippen molar-refractivity contribution in [3.05, 3.63) is 39.8 Å². The van der Waals surface area contributed by atoms with Gasteiger partial charge in [-0.1, -0.05) is 18.2 Å². The van der Waals surface area contributed by atoms with Gasteiger partial charge >= 0.3 is 0 Å². The summed E-state index contributed by atoms with van der Waals surface area (Å²) in [6.07, 6.45) is 21.1. The average molecular weight is 324 g/mol. The minimum Gasteiger partial charge on any atom is -0.267 e. The van der Waals surface area contributed by atoms with Gasteiger partial charge in [-0.15, -0.1) is 0 Å². The summed E-state index contributed by atoms with van der Waals surface area (Å²) in [5.74, 6) is 0. The molecule has 1 N–H and O–H groups in total. The molecule has 0 radical (unpaired) electrons. The maximum Gasteiger partial charge on any atom is 0.272 e. The van der Waals surface area contributed by atoms with Gasteiger partial charge in [0.2, 0.25) is 0 Å². The zero-order valence-corrected chi connectivity index (χ0v) is 14.6. The lowest BCUT2D eigenvalue weighted by Crippen LogP contribution is -2.09. The van der Waals surface area contributed by atoms with E-state index in [0.29, 0.717) is 0 Å². The van der Waals surface area contributed by atoms with E-state index in [0.717, 1.165) is 44.1 Å². The molecule has 0 aromatic carbocycles. The molecular formula is C21H28N2O. The summed E-state index contributed by atoms with van der Waals surface area (Å²) in [6.45, 7) is 0. The van der Waals surface area contributed by atoms with Gasteiger partial charge in [0.1, 0.15) is 0 Å². The molecule has 24 heavy (non-hydrogen) atoms. The molecule has 0 aliphatic heterocycles. The molecule has 0 saturated heterocycles. The molecule has 0 fully saturated rings. The summed E-state index contributed by atoms with van der Waals surface area (Å²) in [7, 11) is 0. The maximum absolute atomic E-state index is 12.9. The predicted molar refractivity (Wildman–Crippen MR) is 101 cm³/mol. The Kier molecular flexibility index (Phi) is 4.59. The van der Waals surface area contributed by atoms with Crippen LogP contribution in [0.3, 0.4) is 0 Å². The lowest BCUT2D eigenvalue weighted by molar-refractivity contribution is 0.688. The van der Waals surface area contributed by atoms with Crippen molar-refractivity contribution in [2.45, 2.75) is 77.0 Å². The average Bonchev–Trinajstić information content (AvgIpc) is 3.01. The largest absolute Gasteiger partial charge is 0.272 e. The van der Waals surface area contributed by atoms with Crippen molar-refractivity contribution < 1.29 is 0 Å². The predicted octanol–water partition coefficient (Wildman–Crippen LogP) is 5.51. The Morgan fingerprint density at radius 2 is 1.38 bits per heavy atom. The van der Waals surface area contributed by atoms with Gasteiger partial charge in [0.15, 0.2) is 0 Å². The number of hydrogen-bond acceptors (Lipinski definition) is 1. The summed E-state index contributed by atoms with van der Waals surface area (Å²) in [5, 5.41) is 3.19. The molecule has 128 valence electrons. The van der Waals surface area contributed by atoms with E-state index in [-0.39, 0.29) is 5.56 Å². The second kappa shape index (κ2) is 7.00. The lowest BCUT2D eigenvalue weighted by Gasteiger charge is -2.21. The molecule has 0 amide bonds. The first-order valence-corrected chi connectivity index (χ1v) is 9.78. The second-order valence-corrected chi connectivity index (χ2v) is 7.39. The van der Waals surface area contributed by atoms with Crippen LogP contribution in [0.1, 0.15) is 88.3 Å². The van der Waals surface area contributed by atoms with Crippen LogP contribution in [-0.2, 0) is 0 Å². The van der Waals surface area contributed by atoms with Gasteiger partial charge in [0.25, 0.3) is 5.56 Å². The van der Waals surface area contributed by atoms with Crippen molar-refractivity contribution in [3.8, 4) is 0 Å². The molecule has 3 aliphatic carbocycles. The fourth-order valence-electron chi connectivity index (χ4n) is 4.39. The van der Waals surface area contributed by atoms with E-state index in [2.05, 4.69) is 28.0 Å². The normalized spacial score (nSPS) is 21.9. The van der Waals surface area contributed by atoms with E-state index in [1.807, 2.05) is 0 Å². The zero-order chi connectivity index (χ0) is 16.4. The minimum atomic E-state index is 0.107. The molecule has 1 aromatic rings. The van der Waals surface area contributed by atoms with Crippen LogP contribution >= 0.6 is 0 Å². The molecule has 3 heteroatoms. The van der Waals surface area contributed by atoms with Gasteiger partial charge in [-0.05, 0) is 88.2 Å². The van der Waals surface area contributed by atoms with Crippen LogP contribution in [0, 0.1) is 0 Å². The van der Waals surface area contributed by atoms with Crippen LogP contribution in [0.25, 0.3) is 16.8 Å². The van der Waals surface area contributed by atoms with Crippen LogP contribution in [-0.4, -0.2) is 9.78 Å². The molecule has 4 rings (SSSR count). The fraction of sp³-hybridized carbons (Fsp3) is 0.571. The Morgan fingerprint density at radius 1 is 0.750 bits per heavy atom. The highest BCUT2D eigenvalue weighted by Crippen LogP contribution is 2.36.